The second kappa shape index (κ2) is 10.5. The fraction of sp³-hybridized carbons (Fsp3) is 0.0400. The van der Waals surface area contributed by atoms with E-state index in [9.17, 15) is 9.18 Å². The van der Waals surface area contributed by atoms with Crippen LogP contribution in [0, 0.1) is 5.82 Å². The molecular weight excluding hydrogens is 479 g/mol. The highest BCUT2D eigenvalue weighted by atomic mass is 19.1. The van der Waals surface area contributed by atoms with Gasteiger partial charge in [-0.05, 0) is 45.7 Å². The fourth-order valence-corrected chi connectivity index (χ4v) is 3.43. The molecule has 1 amide bonds. The van der Waals surface area contributed by atoms with Gasteiger partial charge in [0.25, 0.3) is 5.91 Å². The Bertz CT molecular complexity index is 1550. The lowest BCUT2D eigenvalue weighted by atomic mass is 10.1. The molecule has 5 aromatic rings. The molecule has 0 saturated heterocycles. The Kier molecular flexibility index (Phi) is 6.61. The molecule has 37 heavy (non-hydrogen) atoms. The van der Waals surface area contributed by atoms with Gasteiger partial charge in [-0.25, -0.2) is 14.4 Å². The van der Waals surface area contributed by atoms with Crippen LogP contribution in [0.1, 0.15) is 21.6 Å². The molecule has 3 aromatic carbocycles. The average molecular weight is 498 g/mol. The Morgan fingerprint density at radius 2 is 1.89 bits per heavy atom. The first-order chi connectivity index (χ1) is 18.1. The number of anilines is 1. The lowest BCUT2D eigenvalue weighted by Gasteiger charge is -2.07. The first-order valence-corrected chi connectivity index (χ1v) is 11.0. The SMILES string of the molecule is Nc1nonc1-n1nnc(C(=O)NN=Cc2cccc(OCc3ccc(F)cc3)c2)c1-c1ccccc1. The van der Waals surface area contributed by atoms with Gasteiger partial charge in [0.05, 0.1) is 6.21 Å². The number of carbonyl (C=O) groups excluding carboxylic acids is 1. The third-order valence-corrected chi connectivity index (χ3v) is 5.19. The number of aromatic nitrogens is 5. The van der Waals surface area contributed by atoms with Crippen LogP contribution in [0.2, 0.25) is 0 Å². The number of carbonyl (C=O) groups is 1. The van der Waals surface area contributed by atoms with Crippen molar-refractivity contribution in [3.05, 3.63) is 102 Å². The molecule has 0 aliphatic rings. The Morgan fingerprint density at radius 3 is 2.65 bits per heavy atom. The normalized spacial score (nSPS) is 11.1. The molecule has 12 heteroatoms. The van der Waals surface area contributed by atoms with Crippen molar-refractivity contribution in [1.82, 2.24) is 30.7 Å². The maximum atomic E-state index is 13.1. The predicted octanol–water partition coefficient (Wildman–Crippen LogP) is 3.38. The van der Waals surface area contributed by atoms with Crippen LogP contribution in [0.4, 0.5) is 10.2 Å². The average Bonchev–Trinajstić information content (AvgIpc) is 3.55. The second-order valence-corrected chi connectivity index (χ2v) is 7.72. The van der Waals surface area contributed by atoms with Crippen molar-refractivity contribution in [2.75, 3.05) is 5.73 Å². The molecule has 0 atom stereocenters. The number of halogens is 1. The second-order valence-electron chi connectivity index (χ2n) is 7.72. The number of amides is 1. The Hall–Kier alpha value is -5.39. The number of nitrogen functional groups attached to an aromatic ring is 1. The van der Waals surface area contributed by atoms with Gasteiger partial charge in [-0.2, -0.15) is 9.78 Å². The van der Waals surface area contributed by atoms with Crippen LogP contribution < -0.4 is 15.9 Å². The summed E-state index contributed by atoms with van der Waals surface area (Å²) in [4.78, 5) is 13.0. The Morgan fingerprint density at radius 1 is 1.08 bits per heavy atom. The summed E-state index contributed by atoms with van der Waals surface area (Å²) in [6.07, 6.45) is 1.47. The highest BCUT2D eigenvalue weighted by molar-refractivity contribution is 5.98. The summed E-state index contributed by atoms with van der Waals surface area (Å²) in [6.45, 7) is 0.279. The summed E-state index contributed by atoms with van der Waals surface area (Å²) in [5.74, 6) is -0.213. The zero-order valence-electron chi connectivity index (χ0n) is 19.2. The van der Waals surface area contributed by atoms with Crippen molar-refractivity contribution in [3.8, 4) is 22.8 Å². The van der Waals surface area contributed by atoms with Crippen molar-refractivity contribution < 1.29 is 18.6 Å². The number of hydrazone groups is 1. The van der Waals surface area contributed by atoms with E-state index in [0.717, 1.165) is 5.56 Å². The summed E-state index contributed by atoms with van der Waals surface area (Å²) in [7, 11) is 0. The molecule has 0 aliphatic heterocycles. The lowest BCUT2D eigenvalue weighted by Crippen LogP contribution is -2.19. The summed E-state index contributed by atoms with van der Waals surface area (Å²) in [6, 6.07) is 22.2. The van der Waals surface area contributed by atoms with Gasteiger partial charge in [0.2, 0.25) is 11.6 Å². The van der Waals surface area contributed by atoms with Crippen LogP contribution in [0.15, 0.2) is 88.6 Å². The molecule has 0 fully saturated rings. The zero-order chi connectivity index (χ0) is 25.6. The Labute approximate surface area is 209 Å². The smallest absolute Gasteiger partial charge is 0.294 e. The molecule has 0 aliphatic carbocycles. The van der Waals surface area contributed by atoms with E-state index >= 15 is 0 Å². The monoisotopic (exact) mass is 498 g/mol. The van der Waals surface area contributed by atoms with Crippen LogP contribution in [-0.4, -0.2) is 37.4 Å². The van der Waals surface area contributed by atoms with E-state index in [1.807, 2.05) is 18.2 Å². The van der Waals surface area contributed by atoms with Crippen molar-refractivity contribution in [2.24, 2.45) is 5.10 Å². The maximum Gasteiger partial charge on any atom is 0.294 e. The molecule has 0 saturated carbocycles. The molecule has 2 aromatic heterocycles. The van der Waals surface area contributed by atoms with Crippen LogP contribution in [0.5, 0.6) is 5.75 Å². The van der Waals surface area contributed by atoms with Crippen LogP contribution in [0.3, 0.4) is 0 Å². The van der Waals surface area contributed by atoms with E-state index in [-0.39, 0.29) is 29.8 Å². The van der Waals surface area contributed by atoms with Gasteiger partial charge in [-0.1, -0.05) is 59.8 Å². The highest BCUT2D eigenvalue weighted by Crippen LogP contribution is 2.26. The summed E-state index contributed by atoms with van der Waals surface area (Å²) in [5.41, 5.74) is 10.8. The van der Waals surface area contributed by atoms with Crippen molar-refractivity contribution >= 4 is 17.9 Å². The number of hydrogen-bond donors (Lipinski definition) is 2. The molecule has 0 spiro atoms. The van der Waals surface area contributed by atoms with Crippen molar-refractivity contribution in [1.29, 1.82) is 0 Å². The molecule has 0 bridgehead atoms. The molecule has 184 valence electrons. The van der Waals surface area contributed by atoms with E-state index in [4.69, 9.17) is 10.5 Å². The number of nitrogens with zero attached hydrogens (tertiary/aromatic N) is 6. The first-order valence-electron chi connectivity index (χ1n) is 11.0. The van der Waals surface area contributed by atoms with Gasteiger partial charge in [0.15, 0.2) is 5.69 Å². The fourth-order valence-electron chi connectivity index (χ4n) is 3.43. The standard InChI is InChI=1S/C25H19FN8O3/c26-19-11-9-16(10-12-19)15-36-20-8-4-5-17(13-20)14-28-30-25(35)21-22(18-6-2-1-3-7-18)34(33-29-21)24-23(27)31-37-32-24/h1-14H,15H2,(H2,27,31)(H,30,35). The molecular formula is C25H19FN8O3. The van der Waals surface area contributed by atoms with E-state index in [1.54, 1.807) is 48.5 Å². The number of benzene rings is 3. The summed E-state index contributed by atoms with van der Waals surface area (Å²) in [5, 5.41) is 19.4. The number of nitrogens with two attached hydrogens (primary N) is 1. The minimum Gasteiger partial charge on any atom is -0.489 e. The number of nitrogens with one attached hydrogen (secondary N) is 1. The summed E-state index contributed by atoms with van der Waals surface area (Å²) >= 11 is 0. The lowest BCUT2D eigenvalue weighted by molar-refractivity contribution is 0.0950. The zero-order valence-corrected chi connectivity index (χ0v) is 19.2. The molecule has 2 heterocycles. The largest absolute Gasteiger partial charge is 0.489 e. The van der Waals surface area contributed by atoms with Crippen LogP contribution >= 0.6 is 0 Å². The van der Waals surface area contributed by atoms with Gasteiger partial charge in [0, 0.05) is 5.56 Å². The van der Waals surface area contributed by atoms with E-state index < -0.39 is 5.91 Å². The minimum absolute atomic E-state index is 0.00197. The topological polar surface area (TPSA) is 146 Å². The quantitative estimate of drug-likeness (QED) is 0.245. The molecule has 11 nitrogen and oxygen atoms in total. The molecule has 0 unspecified atom stereocenters. The van der Waals surface area contributed by atoms with Crippen molar-refractivity contribution in [2.45, 2.75) is 6.61 Å². The van der Waals surface area contributed by atoms with Gasteiger partial charge in [0.1, 0.15) is 23.9 Å². The number of hydrogen-bond acceptors (Lipinski definition) is 9. The maximum absolute atomic E-state index is 13.1. The molecule has 5 rings (SSSR count). The van der Waals surface area contributed by atoms with E-state index in [0.29, 0.717) is 22.6 Å². The number of ether oxygens (including phenoxy) is 1. The third kappa shape index (κ3) is 5.32. The molecule has 3 N–H and O–H groups in total. The number of rotatable bonds is 8. The summed E-state index contributed by atoms with van der Waals surface area (Å²) < 4.78 is 24.8. The van der Waals surface area contributed by atoms with Gasteiger partial charge < -0.3 is 10.5 Å². The minimum atomic E-state index is -0.597. The predicted molar refractivity (Wildman–Crippen MR) is 131 cm³/mol. The first kappa shape index (κ1) is 23.4. The Balaban J connectivity index is 1.31. The highest BCUT2D eigenvalue weighted by Gasteiger charge is 2.25. The van der Waals surface area contributed by atoms with Gasteiger partial charge in [-0.3, -0.25) is 4.79 Å². The van der Waals surface area contributed by atoms with Crippen molar-refractivity contribution in [3.63, 3.8) is 0 Å². The molecule has 0 radical (unpaired) electrons. The van der Waals surface area contributed by atoms with Gasteiger partial charge >= 0.3 is 0 Å². The van der Waals surface area contributed by atoms with Crippen LogP contribution in [0.25, 0.3) is 17.1 Å². The van der Waals surface area contributed by atoms with Gasteiger partial charge in [-0.15, -0.1) is 5.10 Å². The van der Waals surface area contributed by atoms with E-state index in [2.05, 4.69) is 35.8 Å². The van der Waals surface area contributed by atoms with E-state index in [1.165, 1.54) is 23.0 Å². The van der Waals surface area contributed by atoms with Crippen LogP contribution in [-0.2, 0) is 6.61 Å². The third-order valence-electron chi connectivity index (χ3n) is 5.19.